The number of carbonyl (C=O) groups excluding carboxylic acids is 1. The molecule has 2 rings (SSSR count). The molecule has 0 aliphatic carbocycles. The largest absolute Gasteiger partial charge is 0.508 e. The summed E-state index contributed by atoms with van der Waals surface area (Å²) in [5.74, 6) is 0.143. The van der Waals surface area contributed by atoms with E-state index in [1.807, 2.05) is 0 Å². The van der Waals surface area contributed by atoms with Crippen LogP contribution >= 0.6 is 0 Å². The molecule has 24 heavy (non-hydrogen) atoms. The van der Waals surface area contributed by atoms with Gasteiger partial charge in [-0.15, -0.1) is 0 Å². The zero-order valence-corrected chi connectivity index (χ0v) is 14.2. The number of rotatable bonds is 7. The van der Waals surface area contributed by atoms with Gasteiger partial charge in [-0.1, -0.05) is 35.9 Å². The van der Waals surface area contributed by atoms with Crippen molar-refractivity contribution in [3.8, 4) is 5.75 Å². The zero-order chi connectivity index (χ0) is 17.5. The Morgan fingerprint density at radius 1 is 1.12 bits per heavy atom. The molecule has 0 radical (unpaired) electrons. The SMILES string of the molecule is Cc1ccc(CCC(=O)N[C@H](CO)Cc2ccc(O)cc2)c(C)c1. The molecule has 0 saturated heterocycles. The van der Waals surface area contributed by atoms with Gasteiger partial charge in [-0.2, -0.15) is 0 Å². The summed E-state index contributed by atoms with van der Waals surface area (Å²) in [6.07, 6.45) is 1.62. The predicted molar refractivity (Wildman–Crippen MR) is 95.1 cm³/mol. The van der Waals surface area contributed by atoms with Crippen molar-refractivity contribution >= 4 is 5.91 Å². The highest BCUT2D eigenvalue weighted by Crippen LogP contribution is 2.13. The van der Waals surface area contributed by atoms with E-state index in [2.05, 4.69) is 37.4 Å². The average molecular weight is 327 g/mol. The van der Waals surface area contributed by atoms with Crippen molar-refractivity contribution in [2.75, 3.05) is 6.61 Å². The second kappa shape index (κ2) is 8.50. The van der Waals surface area contributed by atoms with E-state index < -0.39 is 0 Å². The summed E-state index contributed by atoms with van der Waals surface area (Å²) in [7, 11) is 0. The minimum Gasteiger partial charge on any atom is -0.508 e. The Balaban J connectivity index is 1.86. The van der Waals surface area contributed by atoms with E-state index in [-0.39, 0.29) is 24.3 Å². The van der Waals surface area contributed by atoms with Crippen molar-refractivity contribution < 1.29 is 15.0 Å². The number of hydrogen-bond acceptors (Lipinski definition) is 3. The minimum atomic E-state index is -0.318. The Morgan fingerprint density at radius 3 is 2.46 bits per heavy atom. The fourth-order valence-corrected chi connectivity index (χ4v) is 2.75. The van der Waals surface area contributed by atoms with Gasteiger partial charge in [0.05, 0.1) is 12.6 Å². The Morgan fingerprint density at radius 2 is 1.83 bits per heavy atom. The number of aromatic hydroxyl groups is 1. The summed E-state index contributed by atoms with van der Waals surface area (Å²) in [5, 5.41) is 21.7. The van der Waals surface area contributed by atoms with Crippen LogP contribution in [0.1, 0.15) is 28.7 Å². The molecule has 0 aliphatic heterocycles. The summed E-state index contributed by atoms with van der Waals surface area (Å²) in [5.41, 5.74) is 4.55. The first-order valence-corrected chi connectivity index (χ1v) is 8.22. The topological polar surface area (TPSA) is 69.6 Å². The molecular formula is C20H25NO3. The third kappa shape index (κ3) is 5.39. The zero-order valence-electron chi connectivity index (χ0n) is 14.2. The average Bonchev–Trinajstić information content (AvgIpc) is 2.55. The third-order valence-corrected chi connectivity index (χ3v) is 4.12. The molecular weight excluding hydrogens is 302 g/mol. The predicted octanol–water partition coefficient (Wildman–Crippen LogP) is 2.66. The molecule has 0 saturated carbocycles. The quantitative estimate of drug-likeness (QED) is 0.732. The van der Waals surface area contributed by atoms with Crippen LogP contribution in [0.25, 0.3) is 0 Å². The minimum absolute atomic E-state index is 0.0622. The number of carbonyl (C=O) groups is 1. The molecule has 0 bridgehead atoms. The Kier molecular flexibility index (Phi) is 6.38. The van der Waals surface area contributed by atoms with E-state index in [0.717, 1.165) is 5.56 Å². The van der Waals surface area contributed by atoms with Crippen LogP contribution in [-0.2, 0) is 17.6 Å². The monoisotopic (exact) mass is 327 g/mol. The molecule has 0 unspecified atom stereocenters. The molecule has 2 aromatic rings. The van der Waals surface area contributed by atoms with Gasteiger partial charge in [-0.3, -0.25) is 4.79 Å². The van der Waals surface area contributed by atoms with Crippen molar-refractivity contribution in [2.45, 2.75) is 39.2 Å². The van der Waals surface area contributed by atoms with Gasteiger partial charge in [0.1, 0.15) is 5.75 Å². The molecule has 4 heteroatoms. The Hall–Kier alpha value is -2.33. The van der Waals surface area contributed by atoms with Gasteiger partial charge in [0, 0.05) is 6.42 Å². The van der Waals surface area contributed by atoms with Gasteiger partial charge in [-0.25, -0.2) is 0 Å². The van der Waals surface area contributed by atoms with Crippen molar-refractivity contribution in [2.24, 2.45) is 0 Å². The maximum Gasteiger partial charge on any atom is 0.220 e. The van der Waals surface area contributed by atoms with Crippen LogP contribution in [0.15, 0.2) is 42.5 Å². The summed E-state index contributed by atoms with van der Waals surface area (Å²) in [6.45, 7) is 4.00. The highest BCUT2D eigenvalue weighted by atomic mass is 16.3. The number of nitrogens with one attached hydrogen (secondary N) is 1. The summed E-state index contributed by atoms with van der Waals surface area (Å²) in [6, 6.07) is 12.7. The highest BCUT2D eigenvalue weighted by Gasteiger charge is 2.12. The number of hydrogen-bond donors (Lipinski definition) is 3. The molecule has 128 valence electrons. The van der Waals surface area contributed by atoms with Crippen molar-refractivity contribution in [1.82, 2.24) is 5.32 Å². The molecule has 0 heterocycles. The summed E-state index contributed by atoms with van der Waals surface area (Å²) in [4.78, 5) is 12.1. The standard InChI is InChI=1S/C20H25NO3/c1-14-3-6-17(15(2)11-14)7-10-20(24)21-18(13-22)12-16-4-8-19(23)9-5-16/h3-6,8-9,11,18,22-23H,7,10,12-13H2,1-2H3,(H,21,24)/t18-/m0/s1. The van der Waals surface area contributed by atoms with Crippen molar-refractivity contribution in [1.29, 1.82) is 0 Å². The van der Waals surface area contributed by atoms with Gasteiger partial charge in [0.15, 0.2) is 0 Å². The van der Waals surface area contributed by atoms with E-state index in [4.69, 9.17) is 0 Å². The van der Waals surface area contributed by atoms with Gasteiger partial charge < -0.3 is 15.5 Å². The first-order valence-electron chi connectivity index (χ1n) is 8.22. The van der Waals surface area contributed by atoms with Gasteiger partial charge in [0.25, 0.3) is 0 Å². The number of aryl methyl sites for hydroxylation is 3. The van der Waals surface area contributed by atoms with E-state index in [1.54, 1.807) is 24.3 Å². The third-order valence-electron chi connectivity index (χ3n) is 4.12. The molecule has 0 spiro atoms. The highest BCUT2D eigenvalue weighted by molar-refractivity contribution is 5.76. The fraction of sp³-hybridized carbons (Fsp3) is 0.350. The lowest BCUT2D eigenvalue weighted by Crippen LogP contribution is -2.39. The first-order chi connectivity index (χ1) is 11.5. The van der Waals surface area contributed by atoms with Crippen LogP contribution in [-0.4, -0.2) is 28.8 Å². The lowest BCUT2D eigenvalue weighted by Gasteiger charge is -2.17. The van der Waals surface area contributed by atoms with E-state index in [0.29, 0.717) is 19.3 Å². The van der Waals surface area contributed by atoms with Crippen LogP contribution < -0.4 is 5.32 Å². The number of phenols is 1. The number of benzene rings is 2. The van der Waals surface area contributed by atoms with E-state index in [9.17, 15) is 15.0 Å². The summed E-state index contributed by atoms with van der Waals surface area (Å²) < 4.78 is 0. The van der Waals surface area contributed by atoms with E-state index >= 15 is 0 Å². The lowest BCUT2D eigenvalue weighted by atomic mass is 10.0. The normalized spacial score (nSPS) is 12.0. The molecule has 2 aromatic carbocycles. The smallest absolute Gasteiger partial charge is 0.220 e. The second-order valence-corrected chi connectivity index (χ2v) is 6.25. The number of aliphatic hydroxyl groups excluding tert-OH is 1. The number of aliphatic hydroxyl groups is 1. The maximum absolute atomic E-state index is 12.1. The van der Waals surface area contributed by atoms with Crippen molar-refractivity contribution in [3.63, 3.8) is 0 Å². The first kappa shape index (κ1) is 18.0. The Bertz CT molecular complexity index is 680. The van der Waals surface area contributed by atoms with Crippen LogP contribution in [0.5, 0.6) is 5.75 Å². The lowest BCUT2D eigenvalue weighted by molar-refractivity contribution is -0.122. The molecule has 3 N–H and O–H groups in total. The van der Waals surface area contributed by atoms with Crippen molar-refractivity contribution in [3.05, 3.63) is 64.7 Å². The maximum atomic E-state index is 12.1. The molecule has 1 atom stereocenters. The van der Waals surface area contributed by atoms with Gasteiger partial charge >= 0.3 is 0 Å². The number of phenolic OH excluding ortho intramolecular Hbond substituents is 1. The van der Waals surface area contributed by atoms with Crippen LogP contribution in [0.4, 0.5) is 0 Å². The Labute approximate surface area is 143 Å². The second-order valence-electron chi connectivity index (χ2n) is 6.25. The van der Waals surface area contributed by atoms with Gasteiger partial charge in [-0.05, 0) is 55.5 Å². The molecule has 0 aromatic heterocycles. The van der Waals surface area contributed by atoms with E-state index in [1.165, 1.54) is 16.7 Å². The molecule has 1 amide bonds. The van der Waals surface area contributed by atoms with Crippen LogP contribution in [0, 0.1) is 13.8 Å². The van der Waals surface area contributed by atoms with Crippen LogP contribution in [0.3, 0.4) is 0 Å². The molecule has 0 aliphatic rings. The fourth-order valence-electron chi connectivity index (χ4n) is 2.75. The van der Waals surface area contributed by atoms with Crippen LogP contribution in [0.2, 0.25) is 0 Å². The molecule has 0 fully saturated rings. The molecule has 4 nitrogen and oxygen atoms in total. The van der Waals surface area contributed by atoms with Gasteiger partial charge in [0.2, 0.25) is 5.91 Å². The number of amides is 1. The summed E-state index contributed by atoms with van der Waals surface area (Å²) >= 11 is 0.